The van der Waals surface area contributed by atoms with Crippen LogP contribution in [0.25, 0.3) is 0 Å². The number of hydrogen-bond donors (Lipinski definition) is 3. The summed E-state index contributed by atoms with van der Waals surface area (Å²) >= 11 is 0. The Balaban J connectivity index is 1.34. The lowest BCUT2D eigenvalue weighted by molar-refractivity contribution is 0.0950. The molecule has 7 nitrogen and oxygen atoms in total. The summed E-state index contributed by atoms with van der Waals surface area (Å²) in [7, 11) is 0. The fourth-order valence-corrected chi connectivity index (χ4v) is 4.32. The summed E-state index contributed by atoms with van der Waals surface area (Å²) in [6.07, 6.45) is 7.55. The highest BCUT2D eigenvalue weighted by Crippen LogP contribution is 2.27. The van der Waals surface area contributed by atoms with Crippen molar-refractivity contribution in [3.8, 4) is 0 Å². The minimum absolute atomic E-state index is 0.169. The first-order valence-electron chi connectivity index (χ1n) is 12.0. The van der Waals surface area contributed by atoms with E-state index in [0.717, 1.165) is 12.0 Å². The van der Waals surface area contributed by atoms with E-state index in [1.54, 1.807) is 54.6 Å². The number of nitrogens with zero attached hydrogens (tertiary/aromatic N) is 1. The van der Waals surface area contributed by atoms with Gasteiger partial charge in [-0.15, -0.1) is 0 Å². The molecule has 35 heavy (non-hydrogen) atoms. The maximum atomic E-state index is 12.9. The fraction of sp³-hybridized carbons (Fsp3) is 0.286. The number of nitrogens with one attached hydrogen (secondary N) is 3. The van der Waals surface area contributed by atoms with Crippen LogP contribution in [-0.4, -0.2) is 29.3 Å². The predicted octanol–water partition coefficient (Wildman–Crippen LogP) is 5.20. The van der Waals surface area contributed by atoms with Crippen molar-refractivity contribution in [2.24, 2.45) is 5.92 Å². The van der Waals surface area contributed by atoms with E-state index in [1.165, 1.54) is 31.9 Å². The van der Waals surface area contributed by atoms with Crippen LogP contribution >= 0.6 is 0 Å². The molecule has 0 aliphatic heterocycles. The van der Waals surface area contributed by atoms with Gasteiger partial charge in [-0.3, -0.25) is 14.4 Å². The van der Waals surface area contributed by atoms with Crippen LogP contribution in [0.2, 0.25) is 0 Å². The predicted molar refractivity (Wildman–Crippen MR) is 137 cm³/mol. The molecule has 180 valence electrons. The first kappa shape index (κ1) is 24.1. The monoisotopic (exact) mass is 470 g/mol. The van der Waals surface area contributed by atoms with Gasteiger partial charge in [-0.2, -0.15) is 0 Å². The maximum Gasteiger partial charge on any atom is 0.256 e. The van der Waals surface area contributed by atoms with Crippen molar-refractivity contribution in [1.29, 1.82) is 0 Å². The largest absolute Gasteiger partial charge is 0.352 e. The van der Waals surface area contributed by atoms with Crippen molar-refractivity contribution in [2.75, 3.05) is 17.2 Å². The van der Waals surface area contributed by atoms with Crippen molar-refractivity contribution in [2.45, 2.75) is 39.0 Å². The SMILES string of the molecule is Cc1ccc(C(=O)NCCC2CCCC2)cc1C(=O)Nc1ccc(NC(=O)c2ccccc2)nc1. The second kappa shape index (κ2) is 11.4. The highest BCUT2D eigenvalue weighted by Gasteiger charge is 2.17. The molecule has 3 aromatic rings. The van der Waals surface area contributed by atoms with Crippen molar-refractivity contribution in [1.82, 2.24) is 10.3 Å². The van der Waals surface area contributed by atoms with E-state index in [9.17, 15) is 14.4 Å². The Hall–Kier alpha value is -4.00. The summed E-state index contributed by atoms with van der Waals surface area (Å²) in [5, 5.41) is 8.52. The maximum absolute atomic E-state index is 12.9. The van der Waals surface area contributed by atoms with Gasteiger partial charge in [-0.05, 0) is 61.2 Å². The summed E-state index contributed by atoms with van der Waals surface area (Å²) in [5.41, 5.74) is 2.67. The van der Waals surface area contributed by atoms with Crippen LogP contribution in [0.4, 0.5) is 11.5 Å². The fourth-order valence-electron chi connectivity index (χ4n) is 4.32. The van der Waals surface area contributed by atoms with Gasteiger partial charge >= 0.3 is 0 Å². The van der Waals surface area contributed by atoms with E-state index in [2.05, 4.69) is 20.9 Å². The smallest absolute Gasteiger partial charge is 0.256 e. The van der Waals surface area contributed by atoms with Crippen LogP contribution in [0.3, 0.4) is 0 Å². The van der Waals surface area contributed by atoms with Crippen LogP contribution in [-0.2, 0) is 0 Å². The minimum atomic E-state index is -0.328. The summed E-state index contributed by atoms with van der Waals surface area (Å²) in [4.78, 5) is 42.0. The Labute approximate surface area is 205 Å². The number of amides is 3. The first-order valence-corrected chi connectivity index (χ1v) is 12.0. The van der Waals surface area contributed by atoms with Gasteiger partial charge in [-0.25, -0.2) is 4.98 Å². The van der Waals surface area contributed by atoms with Gasteiger partial charge < -0.3 is 16.0 Å². The van der Waals surface area contributed by atoms with Crippen molar-refractivity contribution in [3.05, 3.63) is 89.1 Å². The molecule has 0 unspecified atom stereocenters. The number of rotatable bonds is 8. The molecule has 2 aromatic carbocycles. The van der Waals surface area contributed by atoms with Gasteiger partial charge in [0, 0.05) is 23.2 Å². The third kappa shape index (κ3) is 6.53. The molecule has 7 heteroatoms. The number of anilines is 2. The molecular formula is C28H30N4O3. The van der Waals surface area contributed by atoms with Crippen molar-refractivity contribution >= 4 is 29.2 Å². The molecule has 0 spiro atoms. The van der Waals surface area contributed by atoms with E-state index in [4.69, 9.17) is 0 Å². The number of carbonyl (C=O) groups excluding carboxylic acids is 3. The second-order valence-corrected chi connectivity index (χ2v) is 8.93. The van der Waals surface area contributed by atoms with Crippen LogP contribution in [0, 0.1) is 12.8 Å². The van der Waals surface area contributed by atoms with Gasteiger partial charge in [0.05, 0.1) is 11.9 Å². The Morgan fingerprint density at radius 2 is 1.63 bits per heavy atom. The standard InChI is InChI=1S/C28H30N4O3/c1-19-11-12-22(26(33)29-16-15-20-7-5-6-8-20)17-24(19)28(35)31-23-13-14-25(30-18-23)32-27(34)21-9-3-2-4-10-21/h2-4,9-14,17-18,20H,5-8,15-16H2,1H3,(H,29,33)(H,31,35)(H,30,32,34). The molecule has 1 fully saturated rings. The number of aromatic nitrogens is 1. The van der Waals surface area contributed by atoms with Gasteiger partial charge in [0.1, 0.15) is 5.82 Å². The van der Waals surface area contributed by atoms with E-state index in [-0.39, 0.29) is 17.7 Å². The molecule has 0 saturated heterocycles. The van der Waals surface area contributed by atoms with E-state index in [1.807, 2.05) is 13.0 Å². The summed E-state index contributed by atoms with van der Waals surface area (Å²) in [6.45, 7) is 2.48. The number of carbonyl (C=O) groups is 3. The van der Waals surface area contributed by atoms with Crippen LogP contribution in [0.5, 0.6) is 0 Å². The summed E-state index contributed by atoms with van der Waals surface area (Å²) < 4.78 is 0. The quantitative estimate of drug-likeness (QED) is 0.421. The molecule has 1 aliphatic carbocycles. The zero-order valence-corrected chi connectivity index (χ0v) is 19.8. The van der Waals surface area contributed by atoms with E-state index in [0.29, 0.717) is 40.7 Å². The Morgan fingerprint density at radius 1 is 0.857 bits per heavy atom. The Bertz CT molecular complexity index is 1190. The van der Waals surface area contributed by atoms with Crippen molar-refractivity contribution < 1.29 is 14.4 Å². The number of pyridine rings is 1. The van der Waals surface area contributed by atoms with Gasteiger partial charge in [0.2, 0.25) is 0 Å². The van der Waals surface area contributed by atoms with Crippen LogP contribution in [0.15, 0.2) is 66.9 Å². The third-order valence-corrected chi connectivity index (χ3v) is 6.36. The molecule has 4 rings (SSSR count). The van der Waals surface area contributed by atoms with Gasteiger partial charge in [0.25, 0.3) is 17.7 Å². The second-order valence-electron chi connectivity index (χ2n) is 8.93. The molecule has 0 atom stereocenters. The summed E-state index contributed by atoms with van der Waals surface area (Å²) in [5.74, 6) is 0.331. The van der Waals surface area contributed by atoms with Gasteiger partial charge in [0.15, 0.2) is 0 Å². The molecule has 3 amide bonds. The number of aryl methyl sites for hydroxylation is 1. The highest BCUT2D eigenvalue weighted by molar-refractivity contribution is 6.07. The topological polar surface area (TPSA) is 100 Å². The molecule has 1 aromatic heterocycles. The van der Waals surface area contributed by atoms with Crippen LogP contribution in [0.1, 0.15) is 68.7 Å². The van der Waals surface area contributed by atoms with E-state index >= 15 is 0 Å². The number of hydrogen-bond acceptors (Lipinski definition) is 4. The van der Waals surface area contributed by atoms with E-state index < -0.39 is 0 Å². The Morgan fingerprint density at radius 3 is 2.34 bits per heavy atom. The normalized spacial score (nSPS) is 13.3. The zero-order chi connectivity index (χ0) is 24.6. The average molecular weight is 471 g/mol. The molecule has 3 N–H and O–H groups in total. The number of benzene rings is 2. The minimum Gasteiger partial charge on any atom is -0.352 e. The van der Waals surface area contributed by atoms with Gasteiger partial charge in [-0.1, -0.05) is 49.9 Å². The highest BCUT2D eigenvalue weighted by atomic mass is 16.2. The zero-order valence-electron chi connectivity index (χ0n) is 19.8. The molecule has 0 bridgehead atoms. The molecule has 0 radical (unpaired) electrons. The average Bonchev–Trinajstić information content (AvgIpc) is 3.39. The summed E-state index contributed by atoms with van der Waals surface area (Å²) in [6, 6.07) is 17.3. The van der Waals surface area contributed by atoms with Crippen LogP contribution < -0.4 is 16.0 Å². The molecular weight excluding hydrogens is 440 g/mol. The lowest BCUT2D eigenvalue weighted by atomic mass is 10.0. The lowest BCUT2D eigenvalue weighted by Gasteiger charge is -2.12. The lowest BCUT2D eigenvalue weighted by Crippen LogP contribution is -2.26. The molecule has 1 heterocycles. The third-order valence-electron chi connectivity index (χ3n) is 6.36. The molecule has 1 aliphatic rings. The molecule has 1 saturated carbocycles. The Kier molecular flexibility index (Phi) is 7.88. The van der Waals surface area contributed by atoms with Crippen molar-refractivity contribution in [3.63, 3.8) is 0 Å². The first-order chi connectivity index (χ1) is 17.0.